The predicted molar refractivity (Wildman–Crippen MR) is 183 cm³/mol. The molecule has 6 heteroatoms. The third kappa shape index (κ3) is 14.9. The van der Waals surface area contributed by atoms with Crippen LogP contribution in [0.4, 0.5) is 18.9 Å². The zero-order chi connectivity index (χ0) is 33.8. The normalized spacial score (nSPS) is 11.0. The van der Waals surface area contributed by atoms with Crippen LogP contribution in [0.15, 0.2) is 72.8 Å². The molecular formula is C39H54F3NO2. The van der Waals surface area contributed by atoms with E-state index >= 15 is 0 Å². The van der Waals surface area contributed by atoms with E-state index in [-0.39, 0.29) is 11.6 Å². The van der Waals surface area contributed by atoms with Crippen molar-refractivity contribution in [1.29, 1.82) is 0 Å². The number of rotatable bonds is 14. The molecule has 0 spiro atoms. The molecule has 0 unspecified atom stereocenters. The molecule has 45 heavy (non-hydrogen) atoms. The molecule has 0 saturated heterocycles. The van der Waals surface area contributed by atoms with Crippen LogP contribution < -0.4 is 5.73 Å². The minimum Gasteiger partial charge on any atom is -0.399 e. The molecule has 0 amide bonds. The highest BCUT2D eigenvalue weighted by molar-refractivity contribution is 6.00. The Bertz CT molecular complexity index is 1260. The van der Waals surface area contributed by atoms with E-state index in [1.54, 1.807) is 37.3 Å². The molecule has 0 radical (unpaired) electrons. The van der Waals surface area contributed by atoms with Crippen molar-refractivity contribution >= 4 is 17.3 Å². The highest BCUT2D eigenvalue weighted by atomic mass is 19.4. The summed E-state index contributed by atoms with van der Waals surface area (Å²) in [6.07, 6.45) is 8.25. The van der Waals surface area contributed by atoms with Gasteiger partial charge in [0.2, 0.25) is 0 Å². The number of hydrogen-bond donors (Lipinski definition) is 1. The minimum atomic E-state index is -4.39. The second-order valence-corrected chi connectivity index (χ2v) is 11.8. The Kier molecular flexibility index (Phi) is 18.8. The predicted octanol–water partition coefficient (Wildman–Crippen LogP) is 11.8. The molecular weight excluding hydrogens is 571 g/mol. The van der Waals surface area contributed by atoms with Crippen LogP contribution in [0.2, 0.25) is 0 Å². The lowest BCUT2D eigenvalue weighted by Gasteiger charge is -2.26. The maximum atomic E-state index is 12.7. The second kappa shape index (κ2) is 21.3. The number of aryl methyl sites for hydroxylation is 1. The molecule has 2 N–H and O–H groups in total. The lowest BCUT2D eigenvalue weighted by atomic mass is 9.80. The molecule has 3 aromatic carbocycles. The average molecular weight is 626 g/mol. The van der Waals surface area contributed by atoms with Crippen molar-refractivity contribution in [1.82, 2.24) is 0 Å². The lowest BCUT2D eigenvalue weighted by Crippen LogP contribution is -2.14. The number of benzene rings is 3. The molecule has 3 aromatic rings. The van der Waals surface area contributed by atoms with Gasteiger partial charge in [0.25, 0.3) is 0 Å². The zero-order valence-corrected chi connectivity index (χ0v) is 28.2. The van der Waals surface area contributed by atoms with E-state index in [1.165, 1.54) is 64.4 Å². The Hall–Kier alpha value is -3.41. The van der Waals surface area contributed by atoms with Gasteiger partial charge in [-0.25, -0.2) is 0 Å². The van der Waals surface area contributed by atoms with Crippen LogP contribution in [0.1, 0.15) is 121 Å². The van der Waals surface area contributed by atoms with E-state index < -0.39 is 11.7 Å². The molecule has 0 aliphatic rings. The molecule has 0 aliphatic heterocycles. The molecule has 3 rings (SSSR count). The van der Waals surface area contributed by atoms with Crippen molar-refractivity contribution in [2.45, 2.75) is 112 Å². The topological polar surface area (TPSA) is 60.2 Å². The van der Waals surface area contributed by atoms with Crippen LogP contribution in [0.3, 0.4) is 0 Å². The van der Waals surface area contributed by atoms with E-state index in [9.17, 15) is 22.8 Å². The van der Waals surface area contributed by atoms with Gasteiger partial charge < -0.3 is 10.5 Å². The fourth-order valence-electron chi connectivity index (χ4n) is 5.69. The highest BCUT2D eigenvalue weighted by Gasteiger charge is 2.30. The summed E-state index contributed by atoms with van der Waals surface area (Å²) in [6.45, 7) is 12.3. The molecule has 0 atom stereocenters. The van der Waals surface area contributed by atoms with Gasteiger partial charge in [-0.3, -0.25) is 4.79 Å². The Morgan fingerprint density at radius 2 is 1.22 bits per heavy atom. The van der Waals surface area contributed by atoms with Crippen LogP contribution in [0.25, 0.3) is 11.1 Å². The van der Waals surface area contributed by atoms with Gasteiger partial charge in [0.05, 0.1) is 5.56 Å². The third-order valence-corrected chi connectivity index (χ3v) is 7.91. The molecule has 248 valence electrons. The number of Topliss-reactive ketones (excluding diaryl/α,β-unsaturated/α-hetero) is 2. The first kappa shape index (κ1) is 39.6. The Morgan fingerprint density at radius 3 is 1.69 bits per heavy atom. The molecule has 0 aliphatic carbocycles. The summed E-state index contributed by atoms with van der Waals surface area (Å²) in [6, 6.07) is 19.3. The van der Waals surface area contributed by atoms with Crippen LogP contribution in [-0.2, 0) is 17.4 Å². The van der Waals surface area contributed by atoms with Gasteiger partial charge in [0.1, 0.15) is 5.78 Å². The first-order chi connectivity index (χ1) is 21.4. The van der Waals surface area contributed by atoms with Crippen LogP contribution in [0.5, 0.6) is 0 Å². The van der Waals surface area contributed by atoms with E-state index in [4.69, 9.17) is 5.73 Å². The fraction of sp³-hybridized carbons (Fsp3) is 0.487. The Balaban J connectivity index is 0.000000349. The first-order valence-corrected chi connectivity index (χ1v) is 16.5. The summed E-state index contributed by atoms with van der Waals surface area (Å²) >= 11 is 0. The first-order valence-electron chi connectivity index (χ1n) is 16.5. The number of nitrogens with two attached hydrogens (primary N) is 1. The number of nitrogen functional groups attached to an aromatic ring is 1. The summed E-state index contributed by atoms with van der Waals surface area (Å²) in [5.74, 6) is 2.07. The average Bonchev–Trinajstić information content (AvgIpc) is 3.01. The summed E-state index contributed by atoms with van der Waals surface area (Å²) in [7, 11) is 0. The van der Waals surface area contributed by atoms with Crippen LogP contribution in [0, 0.1) is 11.8 Å². The Labute approximate surface area is 269 Å². The van der Waals surface area contributed by atoms with Gasteiger partial charge >= 0.3 is 6.18 Å². The van der Waals surface area contributed by atoms with E-state index in [0.717, 1.165) is 41.6 Å². The fourth-order valence-corrected chi connectivity index (χ4v) is 5.69. The summed E-state index contributed by atoms with van der Waals surface area (Å²) in [4.78, 5) is 22.2. The monoisotopic (exact) mass is 625 g/mol. The molecule has 0 heterocycles. The number of carbonyl (C=O) groups excluding carboxylic acids is 2. The summed E-state index contributed by atoms with van der Waals surface area (Å²) < 4.78 is 38.0. The molecule has 0 aromatic heterocycles. The van der Waals surface area contributed by atoms with Crippen molar-refractivity contribution in [3.63, 3.8) is 0 Å². The van der Waals surface area contributed by atoms with Crippen molar-refractivity contribution in [3.8, 4) is 11.1 Å². The quantitative estimate of drug-likeness (QED) is 0.143. The second-order valence-electron chi connectivity index (χ2n) is 11.8. The minimum absolute atomic E-state index is 0.173. The van der Waals surface area contributed by atoms with E-state index in [2.05, 4.69) is 27.7 Å². The highest BCUT2D eigenvalue weighted by Crippen LogP contribution is 2.33. The SMILES string of the molecule is CC(=O)CCc1ccccc1N.CC(=O)c1ccccc1-c1cccc(C(F)(F)F)c1.CCCC(CCC)C(CCC)CCC. The largest absolute Gasteiger partial charge is 0.416 e. The molecule has 0 saturated carbocycles. The van der Waals surface area contributed by atoms with Gasteiger partial charge in [-0.15, -0.1) is 0 Å². The number of para-hydroxylation sites is 1. The van der Waals surface area contributed by atoms with Gasteiger partial charge in [-0.2, -0.15) is 13.2 Å². The third-order valence-electron chi connectivity index (χ3n) is 7.91. The van der Waals surface area contributed by atoms with Gasteiger partial charge in [-0.1, -0.05) is 134 Å². The standard InChI is InChI=1S/C15H11F3O.C14H30.C10H13NO/c1-10(19)13-7-2-3-8-14(13)11-5-4-6-12(9-11)15(16,17)18;1-5-9-13(10-6-2)14(11-7-3)12-8-4;1-8(12)6-7-9-4-2-3-5-10(9)11/h2-9H,1H3;13-14H,5-12H2,1-4H3;2-5H,6-7,11H2,1H3. The maximum absolute atomic E-state index is 12.7. The summed E-state index contributed by atoms with van der Waals surface area (Å²) in [5, 5.41) is 0. The number of hydrogen-bond acceptors (Lipinski definition) is 3. The van der Waals surface area contributed by atoms with Crippen molar-refractivity contribution in [3.05, 3.63) is 89.5 Å². The van der Waals surface area contributed by atoms with Crippen LogP contribution in [-0.4, -0.2) is 11.6 Å². The van der Waals surface area contributed by atoms with Gasteiger partial charge in [-0.05, 0) is 67.0 Å². The molecule has 0 bridgehead atoms. The van der Waals surface area contributed by atoms with E-state index in [1.807, 2.05) is 24.3 Å². The maximum Gasteiger partial charge on any atom is 0.416 e. The number of carbonyl (C=O) groups is 2. The zero-order valence-electron chi connectivity index (χ0n) is 28.2. The number of alkyl halides is 3. The molecule has 3 nitrogen and oxygen atoms in total. The van der Waals surface area contributed by atoms with Crippen molar-refractivity contribution < 1.29 is 22.8 Å². The lowest BCUT2D eigenvalue weighted by molar-refractivity contribution is -0.137. The van der Waals surface area contributed by atoms with Crippen LogP contribution >= 0.6 is 0 Å². The van der Waals surface area contributed by atoms with Gasteiger partial charge in [0.15, 0.2) is 5.78 Å². The summed E-state index contributed by atoms with van der Waals surface area (Å²) in [5.41, 5.74) is 8.14. The van der Waals surface area contributed by atoms with Crippen molar-refractivity contribution in [2.75, 3.05) is 5.73 Å². The Morgan fingerprint density at radius 1 is 0.711 bits per heavy atom. The number of halogens is 3. The number of ketones is 2. The van der Waals surface area contributed by atoms with Gasteiger partial charge in [0, 0.05) is 17.7 Å². The molecule has 0 fully saturated rings. The number of anilines is 1. The van der Waals surface area contributed by atoms with Crippen molar-refractivity contribution in [2.24, 2.45) is 11.8 Å². The smallest absolute Gasteiger partial charge is 0.399 e. The van der Waals surface area contributed by atoms with E-state index in [0.29, 0.717) is 23.1 Å².